The fourth-order valence-corrected chi connectivity index (χ4v) is 0.971. The van der Waals surface area contributed by atoms with E-state index in [2.05, 4.69) is 15.3 Å². The first-order chi connectivity index (χ1) is 7.13. The highest BCUT2D eigenvalue weighted by atomic mass is 16.5. The van der Waals surface area contributed by atoms with Gasteiger partial charge in [0.1, 0.15) is 5.75 Å². The number of methoxy groups -OCH3 is 1. The first-order valence-electron chi connectivity index (χ1n) is 4.31. The van der Waals surface area contributed by atoms with Crippen LogP contribution in [0.3, 0.4) is 0 Å². The molecule has 0 aliphatic carbocycles. The van der Waals surface area contributed by atoms with Crippen molar-refractivity contribution in [3.63, 3.8) is 0 Å². The van der Waals surface area contributed by atoms with E-state index in [0.29, 0.717) is 5.71 Å². The zero-order chi connectivity index (χ0) is 11.3. The van der Waals surface area contributed by atoms with Crippen molar-refractivity contribution in [3.05, 3.63) is 29.8 Å². The first-order valence-corrected chi connectivity index (χ1v) is 4.31. The topological polar surface area (TPSA) is 70.9 Å². The number of carbonyl (C=O) groups excluding carboxylic acids is 1. The van der Waals surface area contributed by atoms with Gasteiger partial charge in [0.2, 0.25) is 0 Å². The van der Waals surface area contributed by atoms with Crippen molar-refractivity contribution in [1.29, 1.82) is 0 Å². The van der Waals surface area contributed by atoms with Crippen LogP contribution in [0.5, 0.6) is 5.75 Å². The fourth-order valence-electron chi connectivity index (χ4n) is 0.971. The monoisotopic (exact) mass is 208 g/mol. The molecule has 15 heavy (non-hydrogen) atoms. The molecule has 2 N–H and O–H groups in total. The molecule has 1 aromatic carbocycles. The number of phenolic OH excluding ortho intramolecular Hbond substituents is 1. The standard InChI is InChI=1S/C10H12N2O3/c1-7(11-12-10(14)15-2)8-4-3-5-9(13)6-8/h3-6,13H,1-2H3,(H,12,14)/b11-7-. The van der Waals surface area contributed by atoms with Gasteiger partial charge in [0, 0.05) is 5.56 Å². The lowest BCUT2D eigenvalue weighted by Crippen LogP contribution is -2.18. The molecule has 0 saturated carbocycles. The number of phenols is 1. The number of hydrazone groups is 1. The third kappa shape index (κ3) is 3.30. The van der Waals surface area contributed by atoms with Crippen molar-refractivity contribution >= 4 is 11.8 Å². The molecular formula is C10H12N2O3. The Morgan fingerprint density at radius 2 is 2.27 bits per heavy atom. The van der Waals surface area contributed by atoms with Gasteiger partial charge in [-0.1, -0.05) is 12.1 Å². The molecule has 0 saturated heterocycles. The normalized spacial score (nSPS) is 10.9. The summed E-state index contributed by atoms with van der Waals surface area (Å²) in [5.74, 6) is 0.153. The number of ether oxygens (including phenoxy) is 1. The Hall–Kier alpha value is -2.04. The predicted octanol–water partition coefficient (Wildman–Crippen LogP) is 1.47. The van der Waals surface area contributed by atoms with Gasteiger partial charge in [-0.3, -0.25) is 0 Å². The van der Waals surface area contributed by atoms with Gasteiger partial charge in [-0.15, -0.1) is 0 Å². The van der Waals surface area contributed by atoms with Crippen LogP contribution in [0.4, 0.5) is 4.79 Å². The minimum Gasteiger partial charge on any atom is -0.508 e. The number of nitrogens with one attached hydrogen (secondary N) is 1. The van der Waals surface area contributed by atoms with E-state index in [1.807, 2.05) is 0 Å². The minimum atomic E-state index is -0.630. The summed E-state index contributed by atoms with van der Waals surface area (Å²) in [5, 5.41) is 13.0. The number of hydrogen-bond acceptors (Lipinski definition) is 4. The minimum absolute atomic E-state index is 0.153. The molecule has 0 bridgehead atoms. The van der Waals surface area contributed by atoms with E-state index in [9.17, 15) is 9.90 Å². The third-order valence-corrected chi connectivity index (χ3v) is 1.76. The summed E-state index contributed by atoms with van der Waals surface area (Å²) in [6.07, 6.45) is -0.630. The second kappa shape index (κ2) is 4.99. The van der Waals surface area contributed by atoms with Crippen LogP contribution < -0.4 is 5.43 Å². The lowest BCUT2D eigenvalue weighted by molar-refractivity contribution is 0.171. The highest BCUT2D eigenvalue weighted by Crippen LogP contribution is 2.11. The van der Waals surface area contributed by atoms with E-state index in [1.165, 1.54) is 7.11 Å². The van der Waals surface area contributed by atoms with Crippen molar-refractivity contribution in [2.24, 2.45) is 5.10 Å². The lowest BCUT2D eigenvalue weighted by atomic mass is 10.1. The maximum absolute atomic E-state index is 10.7. The summed E-state index contributed by atoms with van der Waals surface area (Å²) < 4.78 is 4.35. The van der Waals surface area contributed by atoms with Gasteiger partial charge in [-0.2, -0.15) is 5.10 Å². The van der Waals surface area contributed by atoms with Crippen LogP contribution in [0, 0.1) is 0 Å². The summed E-state index contributed by atoms with van der Waals surface area (Å²) in [4.78, 5) is 10.7. The molecule has 1 rings (SSSR count). The van der Waals surface area contributed by atoms with Gasteiger partial charge >= 0.3 is 6.09 Å². The Bertz CT molecular complexity index is 388. The molecule has 0 aliphatic rings. The molecule has 0 radical (unpaired) electrons. The van der Waals surface area contributed by atoms with Crippen LogP contribution in [0.2, 0.25) is 0 Å². The van der Waals surface area contributed by atoms with Crippen molar-refractivity contribution in [3.8, 4) is 5.75 Å². The molecule has 5 nitrogen and oxygen atoms in total. The average Bonchev–Trinajstić information content (AvgIpc) is 2.25. The first kappa shape index (κ1) is 11.0. The summed E-state index contributed by atoms with van der Waals surface area (Å²) in [7, 11) is 1.26. The van der Waals surface area contributed by atoms with Crippen molar-refractivity contribution in [1.82, 2.24) is 5.43 Å². The number of amides is 1. The summed E-state index contributed by atoms with van der Waals surface area (Å²) in [5.41, 5.74) is 3.50. The summed E-state index contributed by atoms with van der Waals surface area (Å²) >= 11 is 0. The van der Waals surface area contributed by atoms with Crippen LogP contribution in [-0.2, 0) is 4.74 Å². The number of aromatic hydroxyl groups is 1. The van der Waals surface area contributed by atoms with Gasteiger partial charge in [0.15, 0.2) is 0 Å². The molecule has 80 valence electrons. The third-order valence-electron chi connectivity index (χ3n) is 1.76. The van der Waals surface area contributed by atoms with Crippen LogP contribution in [0.25, 0.3) is 0 Å². The second-order valence-electron chi connectivity index (χ2n) is 2.85. The number of nitrogens with zero attached hydrogens (tertiary/aromatic N) is 1. The van der Waals surface area contributed by atoms with Crippen molar-refractivity contribution in [2.45, 2.75) is 6.92 Å². The van der Waals surface area contributed by atoms with Gasteiger partial charge in [-0.25, -0.2) is 10.2 Å². The van der Waals surface area contributed by atoms with E-state index in [1.54, 1.807) is 31.2 Å². The predicted molar refractivity (Wildman–Crippen MR) is 55.9 cm³/mol. The average molecular weight is 208 g/mol. The van der Waals surface area contributed by atoms with E-state index in [-0.39, 0.29) is 5.75 Å². The SMILES string of the molecule is COC(=O)N/N=C(/C)c1cccc(O)c1. The molecule has 1 aromatic rings. The zero-order valence-corrected chi connectivity index (χ0v) is 8.52. The molecule has 0 aromatic heterocycles. The Kier molecular flexibility index (Phi) is 3.68. The van der Waals surface area contributed by atoms with Gasteiger partial charge in [0.05, 0.1) is 12.8 Å². The molecule has 0 spiro atoms. The molecule has 0 aliphatic heterocycles. The fraction of sp³-hybridized carbons (Fsp3) is 0.200. The summed E-state index contributed by atoms with van der Waals surface area (Å²) in [6, 6.07) is 6.58. The van der Waals surface area contributed by atoms with Crippen LogP contribution in [-0.4, -0.2) is 24.0 Å². The van der Waals surface area contributed by atoms with Crippen LogP contribution in [0.1, 0.15) is 12.5 Å². The van der Waals surface area contributed by atoms with Crippen LogP contribution in [0.15, 0.2) is 29.4 Å². The Balaban J connectivity index is 2.75. The zero-order valence-electron chi connectivity index (χ0n) is 8.52. The molecule has 0 unspecified atom stereocenters. The molecule has 0 fully saturated rings. The van der Waals surface area contributed by atoms with E-state index in [0.717, 1.165) is 5.56 Å². The highest BCUT2D eigenvalue weighted by Gasteiger charge is 2.00. The number of rotatable bonds is 2. The molecule has 1 amide bonds. The maximum atomic E-state index is 10.7. The molecule has 0 heterocycles. The quantitative estimate of drug-likeness (QED) is 0.571. The van der Waals surface area contributed by atoms with Gasteiger partial charge in [-0.05, 0) is 19.1 Å². The molecular weight excluding hydrogens is 196 g/mol. The summed E-state index contributed by atoms with van der Waals surface area (Å²) in [6.45, 7) is 1.71. The Morgan fingerprint density at radius 1 is 1.53 bits per heavy atom. The van der Waals surface area contributed by atoms with Crippen molar-refractivity contribution < 1.29 is 14.6 Å². The van der Waals surface area contributed by atoms with Crippen molar-refractivity contribution in [2.75, 3.05) is 7.11 Å². The Labute approximate surface area is 87.4 Å². The van der Waals surface area contributed by atoms with Gasteiger partial charge in [0.25, 0.3) is 0 Å². The van der Waals surface area contributed by atoms with E-state index >= 15 is 0 Å². The smallest absolute Gasteiger partial charge is 0.427 e. The second-order valence-corrected chi connectivity index (χ2v) is 2.85. The highest BCUT2D eigenvalue weighted by molar-refractivity contribution is 5.99. The van der Waals surface area contributed by atoms with E-state index in [4.69, 9.17) is 0 Å². The van der Waals surface area contributed by atoms with Crippen LogP contribution >= 0.6 is 0 Å². The number of carbonyl (C=O) groups is 1. The molecule has 5 heteroatoms. The number of benzene rings is 1. The van der Waals surface area contributed by atoms with E-state index < -0.39 is 6.09 Å². The lowest BCUT2D eigenvalue weighted by Gasteiger charge is -2.02. The Morgan fingerprint density at radius 3 is 2.87 bits per heavy atom. The number of hydrogen-bond donors (Lipinski definition) is 2. The largest absolute Gasteiger partial charge is 0.508 e. The molecule has 0 atom stereocenters. The van der Waals surface area contributed by atoms with Gasteiger partial charge < -0.3 is 9.84 Å². The maximum Gasteiger partial charge on any atom is 0.427 e.